The highest BCUT2D eigenvalue weighted by Gasteiger charge is 2.12. The SMILES string of the molecule is OCc1ccc2nc(CN3CCOCC3)cn2c1. The van der Waals surface area contributed by atoms with Crippen LogP contribution in [-0.4, -0.2) is 45.7 Å². The molecule has 1 saturated heterocycles. The van der Waals surface area contributed by atoms with Gasteiger partial charge in [-0.3, -0.25) is 4.90 Å². The van der Waals surface area contributed by atoms with E-state index >= 15 is 0 Å². The zero-order valence-corrected chi connectivity index (χ0v) is 10.2. The molecule has 1 aliphatic heterocycles. The third kappa shape index (κ3) is 2.38. The van der Waals surface area contributed by atoms with E-state index in [0.717, 1.165) is 49.8 Å². The van der Waals surface area contributed by atoms with Crippen LogP contribution in [-0.2, 0) is 17.9 Å². The predicted molar refractivity (Wildman–Crippen MR) is 67.2 cm³/mol. The molecule has 2 aromatic rings. The molecule has 0 atom stereocenters. The summed E-state index contributed by atoms with van der Waals surface area (Å²) in [6, 6.07) is 3.84. The van der Waals surface area contributed by atoms with E-state index < -0.39 is 0 Å². The molecule has 96 valence electrons. The summed E-state index contributed by atoms with van der Waals surface area (Å²) in [5.41, 5.74) is 2.89. The van der Waals surface area contributed by atoms with Gasteiger partial charge in [0.25, 0.3) is 0 Å². The number of nitrogens with zero attached hydrogens (tertiary/aromatic N) is 3. The molecule has 0 bridgehead atoms. The Balaban J connectivity index is 1.79. The summed E-state index contributed by atoms with van der Waals surface area (Å²) >= 11 is 0. The molecule has 0 aromatic carbocycles. The number of rotatable bonds is 3. The fourth-order valence-corrected chi connectivity index (χ4v) is 2.25. The second-order valence-corrected chi connectivity index (χ2v) is 4.58. The van der Waals surface area contributed by atoms with Gasteiger partial charge in [-0.25, -0.2) is 4.98 Å². The normalized spacial score (nSPS) is 17.4. The molecular formula is C13H17N3O2. The van der Waals surface area contributed by atoms with Gasteiger partial charge in [0.1, 0.15) is 5.65 Å². The molecule has 0 amide bonds. The van der Waals surface area contributed by atoms with Gasteiger partial charge >= 0.3 is 0 Å². The number of aliphatic hydroxyl groups excluding tert-OH is 1. The first-order valence-corrected chi connectivity index (χ1v) is 6.22. The van der Waals surface area contributed by atoms with Crippen molar-refractivity contribution in [2.45, 2.75) is 13.2 Å². The minimum absolute atomic E-state index is 0.0624. The van der Waals surface area contributed by atoms with Crippen molar-refractivity contribution in [3.05, 3.63) is 35.8 Å². The molecule has 0 unspecified atom stereocenters. The average molecular weight is 247 g/mol. The van der Waals surface area contributed by atoms with Crippen LogP contribution in [0.25, 0.3) is 5.65 Å². The lowest BCUT2D eigenvalue weighted by atomic mass is 10.3. The van der Waals surface area contributed by atoms with Crippen molar-refractivity contribution >= 4 is 5.65 Å². The summed E-state index contributed by atoms with van der Waals surface area (Å²) in [5.74, 6) is 0. The zero-order chi connectivity index (χ0) is 12.4. The van der Waals surface area contributed by atoms with E-state index in [0.29, 0.717) is 0 Å². The maximum Gasteiger partial charge on any atom is 0.137 e. The van der Waals surface area contributed by atoms with Crippen molar-refractivity contribution in [1.29, 1.82) is 0 Å². The Morgan fingerprint density at radius 1 is 1.22 bits per heavy atom. The molecule has 18 heavy (non-hydrogen) atoms. The molecule has 0 spiro atoms. The molecule has 1 N–H and O–H groups in total. The summed E-state index contributed by atoms with van der Waals surface area (Å²) < 4.78 is 7.31. The molecular weight excluding hydrogens is 230 g/mol. The van der Waals surface area contributed by atoms with Gasteiger partial charge in [0, 0.05) is 32.0 Å². The van der Waals surface area contributed by atoms with Gasteiger partial charge in [-0.1, -0.05) is 6.07 Å². The molecule has 5 heteroatoms. The Hall–Kier alpha value is -1.43. The first-order valence-electron chi connectivity index (χ1n) is 6.22. The van der Waals surface area contributed by atoms with Crippen molar-refractivity contribution < 1.29 is 9.84 Å². The molecule has 3 rings (SSSR count). The number of aromatic nitrogens is 2. The summed E-state index contributed by atoms with van der Waals surface area (Å²) in [6.07, 6.45) is 3.95. The molecule has 3 heterocycles. The van der Waals surface area contributed by atoms with Gasteiger partial charge in [0.2, 0.25) is 0 Å². The summed E-state index contributed by atoms with van der Waals surface area (Å²) in [6.45, 7) is 4.47. The van der Waals surface area contributed by atoms with Gasteiger partial charge in [0.05, 0.1) is 25.5 Å². The predicted octanol–water partition coefficient (Wildman–Crippen LogP) is 0.659. The Kier molecular flexibility index (Phi) is 3.27. The number of imidazole rings is 1. The van der Waals surface area contributed by atoms with E-state index in [9.17, 15) is 0 Å². The van der Waals surface area contributed by atoms with Crippen LogP contribution < -0.4 is 0 Å². The van der Waals surface area contributed by atoms with Gasteiger partial charge < -0.3 is 14.2 Å². The van der Waals surface area contributed by atoms with Crippen molar-refractivity contribution in [2.24, 2.45) is 0 Å². The molecule has 1 aliphatic rings. The Morgan fingerprint density at radius 3 is 2.83 bits per heavy atom. The van der Waals surface area contributed by atoms with E-state index in [-0.39, 0.29) is 6.61 Å². The van der Waals surface area contributed by atoms with Gasteiger partial charge in [-0.2, -0.15) is 0 Å². The van der Waals surface area contributed by atoms with Gasteiger partial charge in [-0.05, 0) is 11.6 Å². The van der Waals surface area contributed by atoms with Crippen molar-refractivity contribution in [3.63, 3.8) is 0 Å². The van der Waals surface area contributed by atoms with E-state index in [4.69, 9.17) is 9.84 Å². The lowest BCUT2D eigenvalue weighted by molar-refractivity contribution is 0.0337. The Bertz CT molecular complexity index is 532. The third-order valence-corrected chi connectivity index (χ3v) is 3.23. The summed E-state index contributed by atoms with van der Waals surface area (Å²) in [4.78, 5) is 6.93. The topological polar surface area (TPSA) is 50.0 Å². The average Bonchev–Trinajstić information content (AvgIpc) is 2.80. The molecule has 0 aliphatic carbocycles. The Labute approximate surface area is 106 Å². The summed E-state index contributed by atoms with van der Waals surface area (Å²) in [5, 5.41) is 9.11. The number of fused-ring (bicyclic) bond motifs is 1. The largest absolute Gasteiger partial charge is 0.392 e. The second-order valence-electron chi connectivity index (χ2n) is 4.58. The smallest absolute Gasteiger partial charge is 0.137 e. The highest BCUT2D eigenvalue weighted by atomic mass is 16.5. The molecule has 5 nitrogen and oxygen atoms in total. The number of pyridine rings is 1. The van der Waals surface area contributed by atoms with Crippen molar-refractivity contribution in [1.82, 2.24) is 14.3 Å². The fourth-order valence-electron chi connectivity index (χ4n) is 2.25. The van der Waals surface area contributed by atoms with E-state index in [2.05, 4.69) is 9.88 Å². The van der Waals surface area contributed by atoms with Crippen LogP contribution >= 0.6 is 0 Å². The second kappa shape index (κ2) is 5.06. The number of morpholine rings is 1. The third-order valence-electron chi connectivity index (χ3n) is 3.23. The van der Waals surface area contributed by atoms with Crippen LogP contribution in [0.1, 0.15) is 11.3 Å². The van der Waals surface area contributed by atoms with Crippen LogP contribution in [0.3, 0.4) is 0 Å². The number of hydrogen-bond acceptors (Lipinski definition) is 4. The van der Waals surface area contributed by atoms with Crippen molar-refractivity contribution in [2.75, 3.05) is 26.3 Å². The van der Waals surface area contributed by atoms with E-state index in [1.54, 1.807) is 0 Å². The number of ether oxygens (including phenoxy) is 1. The van der Waals surface area contributed by atoms with Gasteiger partial charge in [0.15, 0.2) is 0 Å². The van der Waals surface area contributed by atoms with Crippen LogP contribution in [0.5, 0.6) is 0 Å². The highest BCUT2D eigenvalue weighted by Crippen LogP contribution is 2.10. The summed E-state index contributed by atoms with van der Waals surface area (Å²) in [7, 11) is 0. The molecule has 0 radical (unpaired) electrons. The zero-order valence-electron chi connectivity index (χ0n) is 10.2. The first kappa shape index (κ1) is 11.6. The number of aliphatic hydroxyl groups is 1. The number of hydrogen-bond donors (Lipinski definition) is 1. The lowest BCUT2D eigenvalue weighted by Crippen LogP contribution is -2.35. The van der Waals surface area contributed by atoms with E-state index in [1.165, 1.54) is 0 Å². The van der Waals surface area contributed by atoms with Gasteiger partial charge in [-0.15, -0.1) is 0 Å². The maximum atomic E-state index is 9.11. The van der Waals surface area contributed by atoms with Crippen LogP contribution in [0.4, 0.5) is 0 Å². The van der Waals surface area contributed by atoms with Crippen molar-refractivity contribution in [3.8, 4) is 0 Å². The van der Waals surface area contributed by atoms with Crippen LogP contribution in [0, 0.1) is 0 Å². The minimum atomic E-state index is 0.0624. The van der Waals surface area contributed by atoms with Crippen LogP contribution in [0.2, 0.25) is 0 Å². The quantitative estimate of drug-likeness (QED) is 0.865. The van der Waals surface area contributed by atoms with E-state index in [1.807, 2.05) is 28.9 Å². The first-order chi connectivity index (χ1) is 8.85. The molecule has 0 saturated carbocycles. The van der Waals surface area contributed by atoms with Crippen LogP contribution in [0.15, 0.2) is 24.5 Å². The fraction of sp³-hybridized carbons (Fsp3) is 0.462. The standard InChI is InChI=1S/C13H17N3O2/c17-10-11-1-2-13-14-12(9-16(13)7-11)8-15-3-5-18-6-4-15/h1-2,7,9,17H,3-6,8,10H2. The Morgan fingerprint density at radius 2 is 2.06 bits per heavy atom. The monoisotopic (exact) mass is 247 g/mol. The molecule has 2 aromatic heterocycles. The maximum absolute atomic E-state index is 9.11. The minimum Gasteiger partial charge on any atom is -0.392 e. The highest BCUT2D eigenvalue weighted by molar-refractivity contribution is 5.41. The lowest BCUT2D eigenvalue weighted by Gasteiger charge is -2.25. The molecule has 1 fully saturated rings.